The lowest BCUT2D eigenvalue weighted by atomic mass is 10.2. The van der Waals surface area contributed by atoms with E-state index in [-0.39, 0.29) is 13.2 Å². The molecule has 0 unspecified atom stereocenters. The highest BCUT2D eigenvalue weighted by atomic mass is 16.5. The summed E-state index contributed by atoms with van der Waals surface area (Å²) in [5, 5.41) is 22.3. The quantitative estimate of drug-likeness (QED) is 0.713. The molecule has 0 saturated heterocycles. The Morgan fingerprint density at radius 1 is 1.08 bits per heavy atom. The molecule has 0 aliphatic rings. The lowest BCUT2D eigenvalue weighted by molar-refractivity contribution is 0.0850. The van der Waals surface area contributed by atoms with Gasteiger partial charge in [0.25, 0.3) is 0 Å². The van der Waals surface area contributed by atoms with E-state index in [0.29, 0.717) is 11.6 Å². The van der Waals surface area contributed by atoms with Gasteiger partial charge in [-0.2, -0.15) is 4.80 Å². The van der Waals surface area contributed by atoms with Crippen molar-refractivity contribution in [3.8, 4) is 22.9 Å². The molecular weight excluding hydrogens is 308 g/mol. The molecule has 1 atom stereocenters. The molecular formula is C17H18N4O3. The molecule has 1 heterocycles. The third-order valence-corrected chi connectivity index (χ3v) is 3.34. The van der Waals surface area contributed by atoms with Crippen molar-refractivity contribution in [2.75, 3.05) is 13.7 Å². The maximum atomic E-state index is 10.1. The number of para-hydroxylation sites is 1. The summed E-state index contributed by atoms with van der Waals surface area (Å²) in [6.07, 6.45) is -0.738. The van der Waals surface area contributed by atoms with Crippen molar-refractivity contribution >= 4 is 0 Å². The summed E-state index contributed by atoms with van der Waals surface area (Å²) < 4.78 is 10.7. The van der Waals surface area contributed by atoms with Crippen LogP contribution >= 0.6 is 0 Å². The first-order chi connectivity index (χ1) is 11.7. The van der Waals surface area contributed by atoms with Crippen LogP contribution in [0.25, 0.3) is 11.4 Å². The number of tetrazole rings is 1. The monoisotopic (exact) mass is 326 g/mol. The highest BCUT2D eigenvalue weighted by Gasteiger charge is 2.11. The van der Waals surface area contributed by atoms with Crippen LogP contribution in [0.1, 0.15) is 0 Å². The minimum Gasteiger partial charge on any atom is -0.497 e. The number of aliphatic hydroxyl groups excluding tert-OH is 1. The fraction of sp³-hybridized carbons (Fsp3) is 0.235. The average molecular weight is 326 g/mol. The molecule has 1 N–H and O–H groups in total. The van der Waals surface area contributed by atoms with Crippen molar-refractivity contribution in [3.63, 3.8) is 0 Å². The van der Waals surface area contributed by atoms with Crippen molar-refractivity contribution < 1.29 is 14.6 Å². The smallest absolute Gasteiger partial charge is 0.205 e. The van der Waals surface area contributed by atoms with Crippen molar-refractivity contribution in [3.05, 3.63) is 54.6 Å². The Hall–Kier alpha value is -2.93. The molecule has 3 rings (SSSR count). The molecule has 1 aromatic heterocycles. The number of rotatable bonds is 7. The third-order valence-electron chi connectivity index (χ3n) is 3.34. The molecule has 0 amide bonds. The van der Waals surface area contributed by atoms with Crippen LogP contribution in [0.15, 0.2) is 54.6 Å². The lowest BCUT2D eigenvalue weighted by Crippen LogP contribution is -2.24. The summed E-state index contributed by atoms with van der Waals surface area (Å²) >= 11 is 0. The van der Waals surface area contributed by atoms with Crippen LogP contribution in [-0.2, 0) is 6.54 Å². The molecule has 0 fully saturated rings. The maximum absolute atomic E-state index is 10.1. The van der Waals surface area contributed by atoms with Crippen LogP contribution in [0, 0.1) is 0 Å². The molecule has 2 aromatic carbocycles. The van der Waals surface area contributed by atoms with Gasteiger partial charge in [0.15, 0.2) is 0 Å². The van der Waals surface area contributed by atoms with Gasteiger partial charge in [-0.1, -0.05) is 30.3 Å². The van der Waals surface area contributed by atoms with Crippen molar-refractivity contribution in [1.82, 2.24) is 20.2 Å². The van der Waals surface area contributed by atoms with Gasteiger partial charge in [-0.3, -0.25) is 0 Å². The fourth-order valence-electron chi connectivity index (χ4n) is 2.15. The maximum Gasteiger partial charge on any atom is 0.205 e. The number of nitrogens with zero attached hydrogens (tertiary/aromatic N) is 4. The van der Waals surface area contributed by atoms with E-state index in [4.69, 9.17) is 9.47 Å². The Morgan fingerprint density at radius 3 is 2.67 bits per heavy atom. The van der Waals surface area contributed by atoms with E-state index in [2.05, 4.69) is 15.4 Å². The second-order valence-corrected chi connectivity index (χ2v) is 5.18. The van der Waals surface area contributed by atoms with E-state index in [1.807, 2.05) is 54.6 Å². The summed E-state index contributed by atoms with van der Waals surface area (Å²) in [6, 6.07) is 16.7. The third kappa shape index (κ3) is 4.08. The first-order valence-corrected chi connectivity index (χ1v) is 7.53. The van der Waals surface area contributed by atoms with Crippen molar-refractivity contribution in [2.24, 2.45) is 0 Å². The normalized spacial score (nSPS) is 11.9. The predicted octanol–water partition coefficient (Wildman–Crippen LogP) is 1.79. The van der Waals surface area contributed by atoms with Crippen LogP contribution in [-0.4, -0.2) is 45.1 Å². The highest BCUT2D eigenvalue weighted by molar-refractivity contribution is 5.56. The Morgan fingerprint density at radius 2 is 1.88 bits per heavy atom. The number of ether oxygens (including phenoxy) is 2. The highest BCUT2D eigenvalue weighted by Crippen LogP contribution is 2.19. The van der Waals surface area contributed by atoms with Crippen LogP contribution in [0.2, 0.25) is 0 Å². The zero-order valence-corrected chi connectivity index (χ0v) is 13.2. The van der Waals surface area contributed by atoms with E-state index in [1.165, 1.54) is 4.80 Å². The Bertz CT molecular complexity index is 776. The van der Waals surface area contributed by atoms with Crippen molar-refractivity contribution in [1.29, 1.82) is 0 Å². The second-order valence-electron chi connectivity index (χ2n) is 5.18. The summed E-state index contributed by atoms with van der Waals surface area (Å²) in [5.74, 6) is 1.91. The van der Waals surface area contributed by atoms with Gasteiger partial charge in [-0.25, -0.2) is 0 Å². The van der Waals surface area contributed by atoms with Gasteiger partial charge in [0.1, 0.15) is 24.2 Å². The predicted molar refractivity (Wildman–Crippen MR) is 87.7 cm³/mol. The van der Waals surface area contributed by atoms with Crippen LogP contribution in [0.3, 0.4) is 0 Å². The first-order valence-electron chi connectivity index (χ1n) is 7.53. The molecule has 0 spiro atoms. The first kappa shape index (κ1) is 15.9. The van der Waals surface area contributed by atoms with Gasteiger partial charge >= 0.3 is 0 Å². The molecule has 124 valence electrons. The van der Waals surface area contributed by atoms with E-state index < -0.39 is 6.10 Å². The molecule has 24 heavy (non-hydrogen) atoms. The molecule has 7 nitrogen and oxygen atoms in total. The largest absolute Gasteiger partial charge is 0.497 e. The number of hydrogen-bond acceptors (Lipinski definition) is 6. The molecule has 0 radical (unpaired) electrons. The van der Waals surface area contributed by atoms with E-state index in [1.54, 1.807) is 7.11 Å². The van der Waals surface area contributed by atoms with E-state index in [0.717, 1.165) is 11.3 Å². The number of methoxy groups -OCH3 is 1. The Kier molecular flexibility index (Phi) is 5.02. The van der Waals surface area contributed by atoms with Crippen LogP contribution in [0.5, 0.6) is 11.5 Å². The van der Waals surface area contributed by atoms with Gasteiger partial charge in [0.2, 0.25) is 5.82 Å². The Balaban J connectivity index is 1.59. The average Bonchev–Trinajstić information content (AvgIpc) is 3.09. The van der Waals surface area contributed by atoms with Crippen molar-refractivity contribution in [2.45, 2.75) is 12.6 Å². The number of aromatic nitrogens is 4. The second kappa shape index (κ2) is 7.56. The van der Waals surface area contributed by atoms with Gasteiger partial charge in [-0.05, 0) is 29.5 Å². The van der Waals surface area contributed by atoms with E-state index >= 15 is 0 Å². The van der Waals surface area contributed by atoms with Gasteiger partial charge in [-0.15, -0.1) is 10.2 Å². The topological polar surface area (TPSA) is 82.3 Å². The van der Waals surface area contributed by atoms with Crippen LogP contribution in [0.4, 0.5) is 0 Å². The minimum atomic E-state index is -0.738. The fourth-order valence-corrected chi connectivity index (χ4v) is 2.15. The SMILES string of the molecule is COc1cccc(-c2nnn(C[C@H](O)COc3ccccc3)n2)c1. The number of hydrogen-bond donors (Lipinski definition) is 1. The number of aliphatic hydroxyl groups is 1. The summed E-state index contributed by atoms with van der Waals surface area (Å²) in [7, 11) is 1.60. The zero-order valence-electron chi connectivity index (χ0n) is 13.2. The summed E-state index contributed by atoms with van der Waals surface area (Å²) in [6.45, 7) is 0.351. The molecule has 0 aliphatic heterocycles. The minimum absolute atomic E-state index is 0.153. The molecule has 0 bridgehead atoms. The van der Waals surface area contributed by atoms with Gasteiger partial charge in [0.05, 0.1) is 13.7 Å². The molecule has 7 heteroatoms. The Labute approximate surface area is 139 Å². The lowest BCUT2D eigenvalue weighted by Gasteiger charge is -2.11. The molecule has 0 aliphatic carbocycles. The summed E-state index contributed by atoms with van der Waals surface area (Å²) in [5.41, 5.74) is 0.802. The number of benzene rings is 2. The standard InChI is InChI=1S/C17H18N4O3/c1-23-16-9-5-6-13(10-16)17-18-20-21(19-17)11-14(22)12-24-15-7-3-2-4-8-15/h2-10,14,22H,11-12H2,1H3/t14-/m0/s1. The molecule has 0 saturated carbocycles. The van der Waals surface area contributed by atoms with Crippen LogP contribution < -0.4 is 9.47 Å². The van der Waals surface area contributed by atoms with E-state index in [9.17, 15) is 5.11 Å². The van der Waals surface area contributed by atoms with Gasteiger partial charge in [0, 0.05) is 5.56 Å². The van der Waals surface area contributed by atoms with Gasteiger partial charge < -0.3 is 14.6 Å². The summed E-state index contributed by atoms with van der Waals surface area (Å²) in [4.78, 5) is 1.35. The molecule has 3 aromatic rings. The zero-order chi connectivity index (χ0) is 16.8.